The van der Waals surface area contributed by atoms with Crippen LogP contribution in [0.3, 0.4) is 0 Å². The molecular weight excluding hydrogens is 330 g/mol. The Morgan fingerprint density at radius 2 is 1.67 bits per heavy atom. The fourth-order valence-electron chi connectivity index (χ4n) is 3.35. The van der Waals surface area contributed by atoms with E-state index in [9.17, 15) is 0 Å². The van der Waals surface area contributed by atoms with Crippen LogP contribution in [0.4, 0.5) is 0 Å². The molecule has 0 aliphatic heterocycles. The summed E-state index contributed by atoms with van der Waals surface area (Å²) >= 11 is 0. The number of hydrogen-bond acceptors (Lipinski definition) is 2. The molecule has 0 aliphatic rings. The summed E-state index contributed by atoms with van der Waals surface area (Å²) in [6, 6.07) is 6.66. The van der Waals surface area contributed by atoms with Gasteiger partial charge in [0.15, 0.2) is 0 Å². The molecule has 0 aromatic carbocycles. The van der Waals surface area contributed by atoms with Gasteiger partial charge in [0.2, 0.25) is 0 Å². The summed E-state index contributed by atoms with van der Waals surface area (Å²) in [6.45, 7) is 15.1. The highest BCUT2D eigenvalue weighted by Crippen LogP contribution is 2.31. The fourth-order valence-corrected chi connectivity index (χ4v) is 3.35. The van der Waals surface area contributed by atoms with Gasteiger partial charge in [-0.2, -0.15) is 0 Å². The minimum absolute atomic E-state index is 0.446. The molecule has 27 heavy (non-hydrogen) atoms. The number of hydrogen-bond donors (Lipinski definition) is 0. The lowest BCUT2D eigenvalue weighted by molar-refractivity contribution is 0.807. The summed E-state index contributed by atoms with van der Waals surface area (Å²) in [5.74, 6) is 0.446. The fraction of sp³-hybridized carbons (Fsp3) is 0.500. The molecule has 0 unspecified atom stereocenters. The van der Waals surface area contributed by atoms with Crippen LogP contribution in [0.5, 0.6) is 0 Å². The molecule has 3 heterocycles. The Morgan fingerprint density at radius 1 is 1.00 bits per heavy atom. The summed E-state index contributed by atoms with van der Waals surface area (Å²) in [6.07, 6.45) is 5.30. The normalized spacial score (nSPS) is 11.0. The Kier molecular flexibility index (Phi) is 7.18. The maximum atomic E-state index is 5.06. The molecule has 3 aromatic rings. The van der Waals surface area contributed by atoms with E-state index in [4.69, 9.17) is 9.97 Å². The number of aryl methyl sites for hydroxylation is 4. The van der Waals surface area contributed by atoms with Crippen LogP contribution in [0.25, 0.3) is 22.3 Å². The van der Waals surface area contributed by atoms with Gasteiger partial charge in [-0.3, -0.25) is 4.98 Å². The molecule has 3 nitrogen and oxygen atoms in total. The molecule has 0 saturated carbocycles. The Labute approximate surface area is 164 Å². The summed E-state index contributed by atoms with van der Waals surface area (Å²) in [4.78, 5) is 9.96. The number of fused-ring (bicyclic) bond motifs is 1. The van der Waals surface area contributed by atoms with Crippen LogP contribution in [-0.2, 0) is 19.9 Å². The van der Waals surface area contributed by atoms with Gasteiger partial charge in [-0.05, 0) is 55.0 Å². The van der Waals surface area contributed by atoms with Gasteiger partial charge in [0.25, 0.3) is 0 Å². The van der Waals surface area contributed by atoms with Crippen molar-refractivity contribution in [2.24, 2.45) is 7.05 Å². The predicted octanol–water partition coefficient (Wildman–Crippen LogP) is 6.61. The van der Waals surface area contributed by atoms with Crippen LogP contribution >= 0.6 is 0 Å². The average Bonchev–Trinajstić information content (AvgIpc) is 2.93. The molecule has 0 bridgehead atoms. The van der Waals surface area contributed by atoms with Crippen molar-refractivity contribution in [2.75, 3.05) is 0 Å². The summed E-state index contributed by atoms with van der Waals surface area (Å²) < 4.78 is 2.17. The number of rotatable bonds is 4. The molecule has 0 aliphatic carbocycles. The molecule has 0 radical (unpaired) electrons. The third-order valence-corrected chi connectivity index (χ3v) is 4.78. The minimum Gasteiger partial charge on any atom is -0.349 e. The minimum atomic E-state index is 0.446. The Bertz CT molecular complexity index is 904. The van der Waals surface area contributed by atoms with Gasteiger partial charge >= 0.3 is 0 Å². The third kappa shape index (κ3) is 4.40. The smallest absolute Gasteiger partial charge is 0.0917 e. The first kappa shape index (κ1) is 21.1. The van der Waals surface area contributed by atoms with Crippen LogP contribution in [-0.4, -0.2) is 14.5 Å². The van der Waals surface area contributed by atoms with Crippen LogP contribution in [0.2, 0.25) is 0 Å². The third-order valence-electron chi connectivity index (χ3n) is 4.78. The monoisotopic (exact) mass is 365 g/mol. The highest BCUT2D eigenvalue weighted by molar-refractivity contribution is 5.84. The molecule has 0 fully saturated rings. The van der Waals surface area contributed by atoms with E-state index in [-0.39, 0.29) is 0 Å². The van der Waals surface area contributed by atoms with Crippen LogP contribution < -0.4 is 0 Å². The predicted molar refractivity (Wildman–Crippen MR) is 117 cm³/mol. The maximum Gasteiger partial charge on any atom is 0.0917 e. The Balaban J connectivity index is 0.000000817. The first-order valence-corrected chi connectivity index (χ1v) is 10.3. The molecule has 0 atom stereocenters. The van der Waals surface area contributed by atoms with Crippen LogP contribution in [0.1, 0.15) is 76.4 Å². The molecule has 3 aromatic heterocycles. The molecule has 146 valence electrons. The lowest BCUT2D eigenvalue weighted by atomic mass is 9.98. The van der Waals surface area contributed by atoms with Crippen molar-refractivity contribution in [1.29, 1.82) is 0 Å². The SMILES string of the molecule is CCC.CCc1cc2c(nc1-c1ccc(C(C)C)nc1CC)c(C)cn2C. The van der Waals surface area contributed by atoms with Gasteiger partial charge in [-0.15, -0.1) is 0 Å². The highest BCUT2D eigenvalue weighted by Gasteiger charge is 2.16. The van der Waals surface area contributed by atoms with Crippen LogP contribution in [0.15, 0.2) is 24.4 Å². The van der Waals surface area contributed by atoms with Crippen molar-refractivity contribution < 1.29 is 0 Å². The second kappa shape index (κ2) is 9.16. The zero-order valence-corrected chi connectivity index (χ0v) is 18.3. The van der Waals surface area contributed by atoms with Gasteiger partial charge < -0.3 is 4.57 Å². The van der Waals surface area contributed by atoms with E-state index in [1.54, 1.807) is 0 Å². The van der Waals surface area contributed by atoms with E-state index in [1.165, 1.54) is 28.6 Å². The van der Waals surface area contributed by atoms with Crippen molar-refractivity contribution in [2.45, 2.75) is 73.6 Å². The zero-order chi connectivity index (χ0) is 20.1. The summed E-state index contributed by atoms with van der Waals surface area (Å²) in [5, 5.41) is 0. The maximum absolute atomic E-state index is 5.06. The first-order valence-electron chi connectivity index (χ1n) is 10.3. The topological polar surface area (TPSA) is 30.7 Å². The van der Waals surface area contributed by atoms with E-state index >= 15 is 0 Å². The van der Waals surface area contributed by atoms with Gasteiger partial charge in [-0.25, -0.2) is 4.98 Å². The zero-order valence-electron chi connectivity index (χ0n) is 18.3. The van der Waals surface area contributed by atoms with E-state index in [0.29, 0.717) is 5.92 Å². The second-order valence-electron chi connectivity index (χ2n) is 7.59. The van der Waals surface area contributed by atoms with E-state index < -0.39 is 0 Å². The first-order chi connectivity index (χ1) is 12.9. The number of pyridine rings is 2. The van der Waals surface area contributed by atoms with E-state index in [1.807, 2.05) is 0 Å². The van der Waals surface area contributed by atoms with Gasteiger partial charge in [0, 0.05) is 30.2 Å². The molecule has 3 heteroatoms. The number of nitrogens with zero attached hydrogens (tertiary/aromatic N) is 3. The standard InChI is InChI=1S/C21H27N3.C3H8/c1-7-15-11-19-20(14(5)12-24(19)6)23-21(15)16-9-10-18(13(3)4)22-17(16)8-2;1-3-2/h9-13H,7-8H2,1-6H3;3H2,1-2H3. The molecule has 3 rings (SSSR count). The van der Waals surface area contributed by atoms with Gasteiger partial charge in [-0.1, -0.05) is 48.0 Å². The number of aromatic nitrogens is 3. The van der Waals surface area contributed by atoms with E-state index in [2.05, 4.69) is 84.5 Å². The molecule has 0 saturated heterocycles. The van der Waals surface area contributed by atoms with Crippen molar-refractivity contribution in [3.05, 3.63) is 46.9 Å². The lowest BCUT2D eigenvalue weighted by Crippen LogP contribution is -2.02. The highest BCUT2D eigenvalue weighted by atomic mass is 14.9. The largest absolute Gasteiger partial charge is 0.349 e. The van der Waals surface area contributed by atoms with Gasteiger partial charge in [0.1, 0.15) is 0 Å². The van der Waals surface area contributed by atoms with Gasteiger partial charge in [0.05, 0.1) is 16.7 Å². The lowest BCUT2D eigenvalue weighted by Gasteiger charge is -2.14. The van der Waals surface area contributed by atoms with E-state index in [0.717, 1.165) is 35.4 Å². The summed E-state index contributed by atoms with van der Waals surface area (Å²) in [5.41, 5.74) is 9.40. The quantitative estimate of drug-likeness (QED) is 0.521. The van der Waals surface area contributed by atoms with Crippen molar-refractivity contribution in [1.82, 2.24) is 14.5 Å². The second-order valence-corrected chi connectivity index (χ2v) is 7.59. The molecule has 0 spiro atoms. The van der Waals surface area contributed by atoms with Crippen molar-refractivity contribution in [3.63, 3.8) is 0 Å². The molecular formula is C24H35N3. The Hall–Kier alpha value is -2.16. The molecule has 0 N–H and O–H groups in total. The summed E-state index contributed by atoms with van der Waals surface area (Å²) in [7, 11) is 2.09. The van der Waals surface area contributed by atoms with Crippen molar-refractivity contribution >= 4 is 11.0 Å². The Morgan fingerprint density at radius 3 is 2.22 bits per heavy atom. The van der Waals surface area contributed by atoms with Crippen LogP contribution in [0, 0.1) is 6.92 Å². The molecule has 0 amide bonds. The van der Waals surface area contributed by atoms with Crippen molar-refractivity contribution in [3.8, 4) is 11.3 Å². The average molecular weight is 366 g/mol.